The molecular weight excluding hydrogens is 278 g/mol. The number of halogens is 6. The maximum absolute atomic E-state index is 12.5. The second-order valence-corrected chi connectivity index (χ2v) is 4.90. The number of hydrogen-bond donors (Lipinski definition) is 0. The molecule has 0 spiro atoms. The van der Waals surface area contributed by atoms with Crippen molar-refractivity contribution < 1.29 is 26.3 Å². The number of benzene rings is 1. The molecule has 0 amide bonds. The van der Waals surface area contributed by atoms with Gasteiger partial charge in [0.2, 0.25) is 0 Å². The lowest BCUT2D eigenvalue weighted by Crippen LogP contribution is -2.12. The van der Waals surface area contributed by atoms with Crippen LogP contribution in [0.5, 0.6) is 0 Å². The Bertz CT molecular complexity index is 388. The summed E-state index contributed by atoms with van der Waals surface area (Å²) in [6.07, 6.45) is -7.94. The fourth-order valence-electron chi connectivity index (χ4n) is 1.35. The molecule has 0 N–H and O–H groups in total. The van der Waals surface area contributed by atoms with Gasteiger partial charge in [-0.15, -0.1) is 0 Å². The second-order valence-electron chi connectivity index (χ2n) is 3.72. The minimum atomic E-state index is -4.78. The minimum Gasteiger partial charge on any atom is -0.166 e. The maximum atomic E-state index is 12.5. The molecule has 0 saturated heterocycles. The van der Waals surface area contributed by atoms with Crippen LogP contribution in [0, 0.1) is 0 Å². The summed E-state index contributed by atoms with van der Waals surface area (Å²) in [5.41, 5.74) is -2.52. The van der Waals surface area contributed by atoms with Gasteiger partial charge in [-0.25, -0.2) is 0 Å². The summed E-state index contributed by atoms with van der Waals surface area (Å²) < 4.78 is 75.2. The standard InChI is InChI=1S/C11H10F6S/c1-6(18-2)7-3-8(10(12,13)14)5-9(4-7)11(15,16)17/h3-6H,1-2H3. The molecular formula is C11H10F6S. The van der Waals surface area contributed by atoms with Crippen molar-refractivity contribution in [3.63, 3.8) is 0 Å². The van der Waals surface area contributed by atoms with Gasteiger partial charge < -0.3 is 0 Å². The summed E-state index contributed by atoms with van der Waals surface area (Å²) in [6.45, 7) is 1.56. The lowest BCUT2D eigenvalue weighted by molar-refractivity contribution is -0.143. The van der Waals surface area contributed by atoms with Gasteiger partial charge in [-0.1, -0.05) is 0 Å². The Labute approximate surface area is 104 Å². The van der Waals surface area contributed by atoms with Crippen LogP contribution in [0.4, 0.5) is 26.3 Å². The first-order valence-electron chi connectivity index (χ1n) is 4.88. The first-order chi connectivity index (χ1) is 8.05. The van der Waals surface area contributed by atoms with Crippen LogP contribution < -0.4 is 0 Å². The van der Waals surface area contributed by atoms with Gasteiger partial charge in [0.25, 0.3) is 0 Å². The van der Waals surface area contributed by atoms with Crippen molar-refractivity contribution in [3.8, 4) is 0 Å². The van der Waals surface area contributed by atoms with E-state index in [4.69, 9.17) is 0 Å². The van der Waals surface area contributed by atoms with Gasteiger partial charge in [0.1, 0.15) is 0 Å². The van der Waals surface area contributed by atoms with Crippen LogP contribution in [0.15, 0.2) is 18.2 Å². The van der Waals surface area contributed by atoms with E-state index < -0.39 is 28.7 Å². The number of alkyl halides is 6. The van der Waals surface area contributed by atoms with E-state index >= 15 is 0 Å². The molecule has 1 aromatic carbocycles. The quantitative estimate of drug-likeness (QED) is 0.678. The van der Waals surface area contributed by atoms with Crippen molar-refractivity contribution in [2.75, 3.05) is 6.26 Å². The Morgan fingerprint density at radius 1 is 0.889 bits per heavy atom. The summed E-state index contributed by atoms with van der Waals surface area (Å²) in [5.74, 6) is 0. The van der Waals surface area contributed by atoms with Crippen LogP contribution in [0.3, 0.4) is 0 Å². The highest BCUT2D eigenvalue weighted by Gasteiger charge is 2.37. The maximum Gasteiger partial charge on any atom is 0.416 e. The average molecular weight is 288 g/mol. The van der Waals surface area contributed by atoms with Crippen LogP contribution in [0.25, 0.3) is 0 Å². The van der Waals surface area contributed by atoms with Crippen molar-refractivity contribution in [3.05, 3.63) is 34.9 Å². The Hall–Kier alpha value is -0.850. The number of hydrogen-bond acceptors (Lipinski definition) is 1. The average Bonchev–Trinajstić information content (AvgIpc) is 2.25. The fourth-order valence-corrected chi connectivity index (χ4v) is 1.76. The third kappa shape index (κ3) is 3.57. The van der Waals surface area contributed by atoms with Gasteiger partial charge in [-0.2, -0.15) is 38.1 Å². The Kier molecular flexibility index (Phi) is 4.25. The summed E-state index contributed by atoms with van der Waals surface area (Å²) in [6, 6.07) is 1.66. The molecule has 0 aromatic heterocycles. The zero-order valence-corrected chi connectivity index (χ0v) is 10.3. The molecule has 0 heterocycles. The van der Waals surface area contributed by atoms with Gasteiger partial charge in [-0.05, 0) is 36.9 Å². The highest BCUT2D eigenvalue weighted by atomic mass is 32.2. The van der Waals surface area contributed by atoms with Crippen molar-refractivity contribution >= 4 is 11.8 Å². The normalized spacial score (nSPS) is 14.7. The van der Waals surface area contributed by atoms with Crippen molar-refractivity contribution in [2.24, 2.45) is 0 Å². The summed E-state index contributed by atoms with van der Waals surface area (Å²) >= 11 is 1.18. The van der Waals surface area contributed by atoms with Crippen LogP contribution in [0.1, 0.15) is 28.9 Å². The first kappa shape index (κ1) is 15.2. The van der Waals surface area contributed by atoms with Gasteiger partial charge in [0.15, 0.2) is 0 Å². The molecule has 0 bridgehead atoms. The molecule has 0 aliphatic rings. The largest absolute Gasteiger partial charge is 0.416 e. The molecule has 18 heavy (non-hydrogen) atoms. The predicted molar refractivity (Wildman–Crippen MR) is 58.4 cm³/mol. The third-order valence-electron chi connectivity index (χ3n) is 2.43. The second kappa shape index (κ2) is 5.03. The minimum absolute atomic E-state index is 0.0182. The van der Waals surface area contributed by atoms with Crippen LogP contribution >= 0.6 is 11.8 Å². The Morgan fingerprint density at radius 3 is 1.56 bits per heavy atom. The Balaban J connectivity index is 3.39. The molecule has 1 unspecified atom stereocenters. The lowest BCUT2D eigenvalue weighted by atomic mass is 10.0. The molecule has 1 atom stereocenters. The van der Waals surface area contributed by atoms with E-state index in [1.54, 1.807) is 13.2 Å². The smallest absolute Gasteiger partial charge is 0.166 e. The molecule has 0 radical (unpaired) electrons. The highest BCUT2D eigenvalue weighted by Crippen LogP contribution is 2.39. The van der Waals surface area contributed by atoms with E-state index in [-0.39, 0.29) is 11.6 Å². The van der Waals surface area contributed by atoms with Crippen LogP contribution in [0.2, 0.25) is 0 Å². The van der Waals surface area contributed by atoms with E-state index in [0.717, 1.165) is 12.1 Å². The van der Waals surface area contributed by atoms with Gasteiger partial charge in [0.05, 0.1) is 11.1 Å². The zero-order valence-electron chi connectivity index (χ0n) is 9.49. The van der Waals surface area contributed by atoms with E-state index in [2.05, 4.69) is 0 Å². The molecule has 0 aliphatic carbocycles. The topological polar surface area (TPSA) is 0 Å². The van der Waals surface area contributed by atoms with E-state index in [1.165, 1.54) is 11.8 Å². The summed E-state index contributed by atoms with van der Waals surface area (Å²) in [5, 5.41) is -0.437. The van der Waals surface area contributed by atoms with Crippen LogP contribution in [-0.4, -0.2) is 6.26 Å². The number of rotatable bonds is 2. The van der Waals surface area contributed by atoms with Crippen molar-refractivity contribution in [1.29, 1.82) is 0 Å². The molecule has 0 aliphatic heterocycles. The van der Waals surface area contributed by atoms with E-state index in [0.29, 0.717) is 0 Å². The molecule has 0 nitrogen and oxygen atoms in total. The van der Waals surface area contributed by atoms with E-state index in [9.17, 15) is 26.3 Å². The lowest BCUT2D eigenvalue weighted by Gasteiger charge is -2.16. The first-order valence-corrected chi connectivity index (χ1v) is 6.16. The van der Waals surface area contributed by atoms with E-state index in [1.807, 2.05) is 0 Å². The van der Waals surface area contributed by atoms with Crippen molar-refractivity contribution in [1.82, 2.24) is 0 Å². The molecule has 0 saturated carbocycles. The number of thioether (sulfide) groups is 1. The van der Waals surface area contributed by atoms with Gasteiger partial charge in [-0.3, -0.25) is 0 Å². The fraction of sp³-hybridized carbons (Fsp3) is 0.455. The van der Waals surface area contributed by atoms with Gasteiger partial charge in [0, 0.05) is 5.25 Å². The predicted octanol–water partition coefficient (Wildman–Crippen LogP) is 5.15. The molecule has 0 fully saturated rings. The molecule has 7 heteroatoms. The Morgan fingerprint density at radius 2 is 1.28 bits per heavy atom. The third-order valence-corrected chi connectivity index (χ3v) is 3.41. The molecule has 1 aromatic rings. The summed E-state index contributed by atoms with van der Waals surface area (Å²) in [4.78, 5) is 0. The summed E-state index contributed by atoms with van der Waals surface area (Å²) in [7, 11) is 0. The highest BCUT2D eigenvalue weighted by molar-refractivity contribution is 7.98. The van der Waals surface area contributed by atoms with Crippen molar-refractivity contribution in [2.45, 2.75) is 24.5 Å². The van der Waals surface area contributed by atoms with Gasteiger partial charge >= 0.3 is 12.4 Å². The van der Waals surface area contributed by atoms with Crippen LogP contribution in [-0.2, 0) is 12.4 Å². The molecule has 102 valence electrons. The molecule has 1 rings (SSSR count). The SMILES string of the molecule is CSC(C)c1cc(C(F)(F)F)cc(C(F)(F)F)c1. The zero-order chi connectivity index (χ0) is 14.1. The monoisotopic (exact) mass is 288 g/mol.